The molecule has 0 bridgehead atoms. The maximum atomic E-state index is 6.62. The third-order valence-corrected chi connectivity index (χ3v) is 27.6. The number of hydrogen-bond donors (Lipinski definition) is 0. The van der Waals surface area contributed by atoms with Crippen LogP contribution >= 0.6 is 0 Å². The predicted molar refractivity (Wildman–Crippen MR) is 562 cm³/mol. The Hall–Kier alpha value is -17.4. The highest BCUT2D eigenvalue weighted by molar-refractivity contribution is 6.99. The summed E-state index contributed by atoms with van der Waals surface area (Å²) in [7, 11) is 0. The fraction of sp³-hybridized carbons (Fsp3) is 0. The molecule has 0 fully saturated rings. The smallest absolute Gasteiger partial charge is 0.291 e. The van der Waals surface area contributed by atoms with E-state index in [2.05, 4.69) is 461 Å². The molecule has 0 N–H and O–H groups in total. The summed E-state index contributed by atoms with van der Waals surface area (Å²) in [6.07, 6.45) is 0. The summed E-state index contributed by atoms with van der Waals surface area (Å²) in [6.45, 7) is -0.168. The van der Waals surface area contributed by atoms with E-state index in [1.807, 2.05) is 42.5 Å². The first kappa shape index (κ1) is 77.7. The fourth-order valence-electron chi connectivity index (χ4n) is 22.1. The largest absolute Gasteiger partial charge is 0.457 e. The molecule has 0 spiro atoms. The lowest BCUT2D eigenvalue weighted by molar-refractivity contribution is 0.671. The lowest BCUT2D eigenvalue weighted by atomic mass is 9.35. The van der Waals surface area contributed by atoms with Crippen LogP contribution in [0.4, 0.5) is 0 Å². The van der Waals surface area contributed by atoms with E-state index in [0.717, 1.165) is 55.6 Å². The van der Waals surface area contributed by atoms with E-state index in [4.69, 9.17) is 19.4 Å². The zero-order chi connectivity index (χ0) is 88.3. The van der Waals surface area contributed by atoms with Gasteiger partial charge in [-0.2, -0.15) is 0 Å². The normalized spacial score (nSPS) is 12.1. The van der Waals surface area contributed by atoms with Crippen molar-refractivity contribution >= 4 is 146 Å². The Labute approximate surface area is 776 Å². The van der Waals surface area contributed by atoms with Crippen LogP contribution in [0.1, 0.15) is 0 Å². The van der Waals surface area contributed by atoms with Crippen molar-refractivity contribution in [2.24, 2.45) is 0 Å². The molecule has 0 unspecified atom stereocenters. The number of rotatable bonds is 9. The van der Waals surface area contributed by atoms with E-state index in [-0.39, 0.29) is 20.1 Å². The number of aromatic nitrogens is 7. The van der Waals surface area contributed by atoms with Crippen LogP contribution in [0.2, 0.25) is 0 Å². The maximum Gasteiger partial charge on any atom is 0.291 e. The van der Waals surface area contributed by atoms with Gasteiger partial charge in [0.25, 0.3) is 6.71 Å². The van der Waals surface area contributed by atoms with E-state index < -0.39 is 0 Å². The fourth-order valence-corrected chi connectivity index (χ4v) is 22.1. The molecule has 11 heteroatoms. The molecule has 134 heavy (non-hydrogen) atoms. The second-order valence-corrected chi connectivity index (χ2v) is 34.9. The number of nitrogens with zero attached hydrogens (tertiary/aromatic N) is 7. The zero-order valence-electron chi connectivity index (χ0n) is 73.0. The van der Waals surface area contributed by atoms with E-state index in [0.29, 0.717) is 11.6 Å². The molecule has 622 valence electrons. The van der Waals surface area contributed by atoms with Crippen LogP contribution in [0.25, 0.3) is 189 Å². The molecule has 0 aliphatic carbocycles. The molecule has 9 heterocycles. The molecule has 6 aromatic heterocycles. The van der Waals surface area contributed by atoms with Crippen LogP contribution < -0.4 is 49.4 Å². The Balaban J connectivity index is 0.000000105. The minimum Gasteiger partial charge on any atom is -0.457 e. The van der Waals surface area contributed by atoms with E-state index >= 15 is 0 Å². The van der Waals surface area contributed by atoms with Crippen LogP contribution in [0.15, 0.2) is 490 Å². The lowest BCUT2D eigenvalue weighted by Gasteiger charge is -2.19. The molecule has 28 rings (SSSR count). The molecular formula is C123H80B3N7O. The monoisotopic (exact) mass is 1700 g/mol. The average molecular weight is 1700 g/mol. The van der Waals surface area contributed by atoms with Crippen LogP contribution in [0, 0.1) is 0 Å². The highest BCUT2D eigenvalue weighted by atomic mass is 16.3. The topological polar surface area (TPSA) is 71.5 Å². The van der Waals surface area contributed by atoms with Gasteiger partial charge in [-0.3, -0.25) is 0 Å². The van der Waals surface area contributed by atoms with Crippen molar-refractivity contribution in [2.45, 2.75) is 0 Å². The third-order valence-electron chi connectivity index (χ3n) is 27.6. The summed E-state index contributed by atoms with van der Waals surface area (Å²) in [5.41, 5.74) is 40.2. The lowest BCUT2D eigenvalue weighted by Crippen LogP contribution is -2.55. The van der Waals surface area contributed by atoms with Gasteiger partial charge in [0, 0.05) is 88.3 Å². The number of furan rings is 1. The molecule has 0 saturated carbocycles. The predicted octanol–water partition coefficient (Wildman–Crippen LogP) is 23.9. The first-order valence-electron chi connectivity index (χ1n) is 46.1. The Morgan fingerprint density at radius 2 is 0.493 bits per heavy atom. The van der Waals surface area contributed by atoms with Crippen molar-refractivity contribution in [2.75, 3.05) is 0 Å². The van der Waals surface area contributed by atoms with Gasteiger partial charge in [-0.1, -0.05) is 439 Å². The Bertz CT molecular complexity index is 8850. The SMILES string of the molecule is c1ccc(-c2nc(B3c4ccccc4-c4c(n(-c5ccccc5)c5ccccc45)-c4ccccc43)nc(-c3ccccc3)n2)cc1.c1ccc(-n2c3c(c4ccccc42)-c2ccccc2B(c2ccc4c(c2)c2ccccc2n4-c2ccccc2)c2ccccc2-3)cc1.c1ccc(-n2c3c(c4ccccc42)-c2ccccc2B(c2cccc4c2oc2ccccc24)c2ccccc2-3)cc1. The summed E-state index contributed by atoms with van der Waals surface area (Å²) in [5.74, 6) is 1.33. The molecule has 0 radical (unpaired) electrons. The zero-order valence-corrected chi connectivity index (χ0v) is 73.0. The number of hydrogen-bond acceptors (Lipinski definition) is 4. The van der Waals surface area contributed by atoms with Gasteiger partial charge in [-0.15, -0.1) is 0 Å². The van der Waals surface area contributed by atoms with Gasteiger partial charge >= 0.3 is 0 Å². The Morgan fingerprint density at radius 3 is 0.933 bits per heavy atom. The van der Waals surface area contributed by atoms with Gasteiger partial charge in [-0.05, 0) is 124 Å². The number of benzene rings is 19. The highest BCUT2D eigenvalue weighted by Gasteiger charge is 2.41. The second-order valence-electron chi connectivity index (χ2n) is 34.9. The van der Waals surface area contributed by atoms with Crippen LogP contribution in [-0.2, 0) is 0 Å². The minimum absolute atomic E-state index is 0.00190. The standard InChI is InChI=1S/C44H29BN2.C41H27BN4.C38H24BNO/c1-3-15-31(16-4-1)46-40-25-13-9-19-33(40)37-29-30(27-28-42(37)46)45-38-23-11-7-20-34(38)43-36-22-10-14-26-41(36)47(32-17-5-2-6-18-32)44(43)35-21-8-12-24-39(35)45;1-4-16-28(17-5-1)39-43-40(29-18-6-2-7-19-29)45-41(44-39)42-34-25-13-10-22-31(34)37-33-24-12-15-27-36(33)46(30-20-8-3-9-21-30)38(37)32-23-11-14-26-35(32)42;1-2-13-25(14-3-1)40-34-23-10-6-18-30(34)36-28-16-4-8-20-31(28)39(32-21-9-5-17-29(32)37(36)40)33-22-12-19-27-26-15-7-11-24-35(26)41-38(27)33/h1-29H;1-27H;1-24H. The van der Waals surface area contributed by atoms with Gasteiger partial charge in [0.15, 0.2) is 11.6 Å². The van der Waals surface area contributed by atoms with E-state index in [1.165, 1.54) is 171 Å². The van der Waals surface area contributed by atoms with Crippen LogP contribution in [0.3, 0.4) is 0 Å². The second kappa shape index (κ2) is 32.4. The molecule has 3 aliphatic heterocycles. The van der Waals surface area contributed by atoms with Gasteiger partial charge in [0.05, 0.1) is 44.7 Å². The van der Waals surface area contributed by atoms with Crippen LogP contribution in [0.5, 0.6) is 0 Å². The van der Waals surface area contributed by atoms with Gasteiger partial charge in [0.1, 0.15) is 16.9 Å². The molecule has 0 amide bonds. The minimum atomic E-state index is -0.226. The van der Waals surface area contributed by atoms with Crippen molar-refractivity contribution in [1.29, 1.82) is 0 Å². The molecule has 25 aromatic rings. The molecular weight excluding hydrogens is 1620 g/mol. The molecule has 8 nitrogen and oxygen atoms in total. The van der Waals surface area contributed by atoms with Gasteiger partial charge in [-0.25, -0.2) is 15.0 Å². The van der Waals surface area contributed by atoms with Crippen molar-refractivity contribution in [3.8, 4) is 113 Å². The Morgan fingerprint density at radius 1 is 0.194 bits per heavy atom. The van der Waals surface area contributed by atoms with Crippen molar-refractivity contribution in [3.05, 3.63) is 485 Å². The molecule has 0 atom stereocenters. The summed E-state index contributed by atoms with van der Waals surface area (Å²) >= 11 is 0. The first-order valence-corrected chi connectivity index (χ1v) is 46.1. The molecule has 19 aromatic carbocycles. The van der Waals surface area contributed by atoms with Crippen molar-refractivity contribution in [3.63, 3.8) is 0 Å². The van der Waals surface area contributed by atoms with Crippen molar-refractivity contribution in [1.82, 2.24) is 33.2 Å². The third kappa shape index (κ3) is 12.6. The average Bonchev–Trinajstić information content (AvgIpc) is 1.56. The quantitative estimate of drug-likeness (QED) is 0.135. The Kier molecular flexibility index (Phi) is 18.8. The molecule has 0 saturated heterocycles. The van der Waals surface area contributed by atoms with E-state index in [9.17, 15) is 0 Å². The summed E-state index contributed by atoms with van der Waals surface area (Å²) in [4.78, 5) is 15.5. The van der Waals surface area contributed by atoms with Crippen molar-refractivity contribution < 1.29 is 4.42 Å². The number of para-hydroxylation sites is 10. The first-order chi connectivity index (χ1) is 66.6. The van der Waals surface area contributed by atoms with Crippen LogP contribution in [-0.4, -0.2) is 53.4 Å². The maximum absolute atomic E-state index is 6.62. The summed E-state index contributed by atoms with van der Waals surface area (Å²) < 4.78 is 16.4. The summed E-state index contributed by atoms with van der Waals surface area (Å²) in [6, 6.07) is 174. The van der Waals surface area contributed by atoms with Gasteiger partial charge < -0.3 is 22.7 Å². The van der Waals surface area contributed by atoms with Gasteiger partial charge in [0.2, 0.25) is 13.4 Å². The van der Waals surface area contributed by atoms with E-state index in [1.54, 1.807) is 0 Å². The summed E-state index contributed by atoms with van der Waals surface area (Å²) in [5, 5.41) is 8.62. The highest BCUT2D eigenvalue weighted by Crippen LogP contribution is 2.48. The molecule has 3 aliphatic rings. The number of fused-ring (bicyclic) bond motifs is 27.